The summed E-state index contributed by atoms with van der Waals surface area (Å²) in [5, 5.41) is 6.53. The van der Waals surface area contributed by atoms with E-state index in [1.807, 2.05) is 0 Å². The van der Waals surface area contributed by atoms with Crippen LogP contribution in [0.1, 0.15) is 39.0 Å². The van der Waals surface area contributed by atoms with Crippen molar-refractivity contribution in [1.29, 1.82) is 0 Å². The predicted octanol–water partition coefficient (Wildman–Crippen LogP) is 0.729. The van der Waals surface area contributed by atoms with Crippen LogP contribution in [-0.2, 0) is 4.79 Å². The van der Waals surface area contributed by atoms with Crippen LogP contribution < -0.4 is 10.6 Å². The highest BCUT2D eigenvalue weighted by Crippen LogP contribution is 2.14. The SMILES string of the molecule is CCC1C(=O)NCCN1CCC1CCCCN1. The van der Waals surface area contributed by atoms with E-state index in [1.54, 1.807) is 0 Å². The zero-order valence-corrected chi connectivity index (χ0v) is 10.9. The number of rotatable bonds is 4. The van der Waals surface area contributed by atoms with E-state index in [0.29, 0.717) is 6.04 Å². The Labute approximate surface area is 104 Å². The Kier molecular flexibility index (Phi) is 4.80. The second kappa shape index (κ2) is 6.36. The molecule has 0 spiro atoms. The lowest BCUT2D eigenvalue weighted by Gasteiger charge is -2.35. The van der Waals surface area contributed by atoms with Crippen molar-refractivity contribution in [2.24, 2.45) is 0 Å². The molecule has 0 radical (unpaired) electrons. The number of nitrogens with zero attached hydrogens (tertiary/aromatic N) is 1. The Balaban J connectivity index is 1.78. The summed E-state index contributed by atoms with van der Waals surface area (Å²) in [6.45, 7) is 6.15. The molecule has 2 fully saturated rings. The molecule has 0 aromatic carbocycles. The first-order chi connectivity index (χ1) is 8.31. The van der Waals surface area contributed by atoms with Crippen LogP contribution in [0.4, 0.5) is 0 Å². The molecule has 2 saturated heterocycles. The molecule has 0 bridgehead atoms. The maximum Gasteiger partial charge on any atom is 0.237 e. The van der Waals surface area contributed by atoms with Gasteiger partial charge in [-0.1, -0.05) is 13.3 Å². The minimum absolute atomic E-state index is 0.104. The summed E-state index contributed by atoms with van der Waals surface area (Å²) < 4.78 is 0. The van der Waals surface area contributed by atoms with Gasteiger partial charge in [0.1, 0.15) is 0 Å². The average Bonchev–Trinajstić information content (AvgIpc) is 2.37. The molecule has 2 aliphatic heterocycles. The molecule has 98 valence electrons. The third-order valence-corrected chi connectivity index (χ3v) is 4.01. The van der Waals surface area contributed by atoms with Gasteiger partial charge in [-0.2, -0.15) is 0 Å². The minimum atomic E-state index is 0.104. The minimum Gasteiger partial charge on any atom is -0.353 e. The van der Waals surface area contributed by atoms with E-state index < -0.39 is 0 Å². The number of carbonyl (C=O) groups is 1. The Morgan fingerprint density at radius 2 is 2.24 bits per heavy atom. The van der Waals surface area contributed by atoms with Crippen molar-refractivity contribution in [3.05, 3.63) is 0 Å². The van der Waals surface area contributed by atoms with Crippen LogP contribution >= 0.6 is 0 Å². The second-order valence-corrected chi connectivity index (χ2v) is 5.19. The third kappa shape index (κ3) is 3.42. The number of nitrogens with one attached hydrogen (secondary N) is 2. The van der Waals surface area contributed by atoms with Crippen molar-refractivity contribution in [3.8, 4) is 0 Å². The first kappa shape index (κ1) is 12.8. The molecular weight excluding hydrogens is 214 g/mol. The van der Waals surface area contributed by atoms with Gasteiger partial charge in [0.25, 0.3) is 0 Å². The maximum atomic E-state index is 11.7. The van der Waals surface area contributed by atoms with E-state index in [2.05, 4.69) is 22.5 Å². The molecule has 2 aliphatic rings. The number of hydrogen-bond acceptors (Lipinski definition) is 3. The highest BCUT2D eigenvalue weighted by atomic mass is 16.2. The summed E-state index contributed by atoms with van der Waals surface area (Å²) in [4.78, 5) is 14.1. The number of carbonyl (C=O) groups excluding carboxylic acids is 1. The summed E-state index contributed by atoms with van der Waals surface area (Å²) in [6.07, 6.45) is 6.08. The Hall–Kier alpha value is -0.610. The Morgan fingerprint density at radius 3 is 2.94 bits per heavy atom. The summed E-state index contributed by atoms with van der Waals surface area (Å²) in [5.41, 5.74) is 0. The Bertz CT molecular complexity index is 251. The van der Waals surface area contributed by atoms with Gasteiger partial charge >= 0.3 is 0 Å². The quantitative estimate of drug-likeness (QED) is 0.760. The van der Waals surface area contributed by atoms with Crippen LogP contribution in [0.5, 0.6) is 0 Å². The molecule has 0 aliphatic carbocycles. The molecule has 0 aromatic rings. The summed E-state index contributed by atoms with van der Waals surface area (Å²) in [7, 11) is 0. The van der Waals surface area contributed by atoms with Gasteiger partial charge in [-0.05, 0) is 32.2 Å². The molecule has 2 atom stereocenters. The van der Waals surface area contributed by atoms with Gasteiger partial charge in [-0.15, -0.1) is 0 Å². The molecule has 2 rings (SSSR count). The van der Waals surface area contributed by atoms with E-state index in [1.165, 1.54) is 32.2 Å². The van der Waals surface area contributed by atoms with Gasteiger partial charge in [0.15, 0.2) is 0 Å². The van der Waals surface area contributed by atoms with E-state index in [9.17, 15) is 4.79 Å². The smallest absolute Gasteiger partial charge is 0.237 e. The molecule has 0 saturated carbocycles. The fourth-order valence-electron chi connectivity index (χ4n) is 2.97. The van der Waals surface area contributed by atoms with E-state index >= 15 is 0 Å². The predicted molar refractivity (Wildman–Crippen MR) is 68.9 cm³/mol. The van der Waals surface area contributed by atoms with Crippen LogP contribution in [0.3, 0.4) is 0 Å². The first-order valence-electron chi connectivity index (χ1n) is 7.06. The van der Waals surface area contributed by atoms with Crippen molar-refractivity contribution < 1.29 is 4.79 Å². The lowest BCUT2D eigenvalue weighted by Crippen LogP contribution is -2.55. The van der Waals surface area contributed by atoms with E-state index in [4.69, 9.17) is 0 Å². The van der Waals surface area contributed by atoms with Gasteiger partial charge in [0.2, 0.25) is 5.91 Å². The number of piperazine rings is 1. The third-order valence-electron chi connectivity index (χ3n) is 4.01. The molecule has 1 amide bonds. The molecule has 4 nitrogen and oxygen atoms in total. The number of piperidine rings is 1. The largest absolute Gasteiger partial charge is 0.353 e. The molecule has 4 heteroatoms. The van der Waals surface area contributed by atoms with Gasteiger partial charge in [-0.25, -0.2) is 0 Å². The molecular formula is C13H25N3O. The number of amides is 1. The molecule has 2 unspecified atom stereocenters. The fraction of sp³-hybridized carbons (Fsp3) is 0.923. The van der Waals surface area contributed by atoms with Crippen LogP contribution in [0.15, 0.2) is 0 Å². The van der Waals surface area contributed by atoms with Crippen LogP contribution in [0.25, 0.3) is 0 Å². The van der Waals surface area contributed by atoms with Gasteiger partial charge in [-0.3, -0.25) is 9.69 Å². The second-order valence-electron chi connectivity index (χ2n) is 5.19. The molecule has 17 heavy (non-hydrogen) atoms. The van der Waals surface area contributed by atoms with E-state index in [-0.39, 0.29) is 11.9 Å². The molecule has 0 aromatic heterocycles. The number of hydrogen-bond donors (Lipinski definition) is 2. The van der Waals surface area contributed by atoms with Crippen molar-refractivity contribution in [1.82, 2.24) is 15.5 Å². The van der Waals surface area contributed by atoms with Crippen molar-refractivity contribution in [2.45, 2.75) is 51.1 Å². The van der Waals surface area contributed by atoms with Crippen LogP contribution in [-0.4, -0.2) is 49.1 Å². The van der Waals surface area contributed by atoms with Gasteiger partial charge in [0.05, 0.1) is 6.04 Å². The topological polar surface area (TPSA) is 44.4 Å². The highest BCUT2D eigenvalue weighted by molar-refractivity contribution is 5.82. The van der Waals surface area contributed by atoms with Crippen molar-refractivity contribution >= 4 is 5.91 Å². The lowest BCUT2D eigenvalue weighted by atomic mass is 10.0. The first-order valence-corrected chi connectivity index (χ1v) is 7.06. The zero-order chi connectivity index (χ0) is 12.1. The summed E-state index contributed by atoms with van der Waals surface area (Å²) >= 11 is 0. The monoisotopic (exact) mass is 239 g/mol. The summed E-state index contributed by atoms with van der Waals surface area (Å²) in [6, 6.07) is 0.776. The summed E-state index contributed by atoms with van der Waals surface area (Å²) in [5.74, 6) is 0.218. The highest BCUT2D eigenvalue weighted by Gasteiger charge is 2.28. The van der Waals surface area contributed by atoms with E-state index in [0.717, 1.165) is 26.1 Å². The fourth-order valence-corrected chi connectivity index (χ4v) is 2.97. The Morgan fingerprint density at radius 1 is 1.35 bits per heavy atom. The van der Waals surface area contributed by atoms with Crippen molar-refractivity contribution in [3.63, 3.8) is 0 Å². The van der Waals surface area contributed by atoms with Crippen LogP contribution in [0.2, 0.25) is 0 Å². The maximum absolute atomic E-state index is 11.7. The lowest BCUT2D eigenvalue weighted by molar-refractivity contribution is -0.129. The standard InChI is InChI=1S/C13H25N3O/c1-2-12-13(17)15-8-10-16(12)9-6-11-5-3-4-7-14-11/h11-12,14H,2-10H2,1H3,(H,15,17). The molecule has 2 heterocycles. The van der Waals surface area contributed by atoms with Crippen LogP contribution in [0, 0.1) is 0 Å². The zero-order valence-electron chi connectivity index (χ0n) is 10.9. The van der Waals surface area contributed by atoms with Gasteiger partial charge < -0.3 is 10.6 Å². The average molecular weight is 239 g/mol. The molecule has 2 N–H and O–H groups in total. The normalized spacial score (nSPS) is 31.2. The van der Waals surface area contributed by atoms with Gasteiger partial charge in [0, 0.05) is 25.7 Å². The van der Waals surface area contributed by atoms with Crippen molar-refractivity contribution in [2.75, 3.05) is 26.2 Å².